The van der Waals surface area contributed by atoms with Crippen LogP contribution in [-0.2, 0) is 6.54 Å². The molecule has 0 unspecified atom stereocenters. The monoisotopic (exact) mass is 314 g/mol. The summed E-state index contributed by atoms with van der Waals surface area (Å²) in [7, 11) is 0. The van der Waals surface area contributed by atoms with Crippen molar-refractivity contribution in [3.05, 3.63) is 57.5 Å². The van der Waals surface area contributed by atoms with Crippen LogP contribution in [0.25, 0.3) is 0 Å². The quantitative estimate of drug-likeness (QED) is 0.916. The Hall–Kier alpha value is -1.13. The van der Waals surface area contributed by atoms with Crippen molar-refractivity contribution in [1.82, 2.24) is 4.98 Å². The van der Waals surface area contributed by atoms with E-state index in [1.165, 1.54) is 6.07 Å². The third-order valence-corrected chi connectivity index (χ3v) is 3.28. The number of hydrogen-bond donors (Lipinski definition) is 1. The smallest absolute Gasteiger partial charge is 0.147 e. The standard InChI is InChI=1S/C12H9BrClFN2/c13-9-2-1-3-11(15)12(9)17-6-8-4-5-16-7-10(8)14/h1-5,7,17H,6H2. The van der Waals surface area contributed by atoms with Crippen molar-refractivity contribution in [2.24, 2.45) is 0 Å². The highest BCUT2D eigenvalue weighted by Gasteiger charge is 2.06. The Morgan fingerprint density at radius 2 is 2.18 bits per heavy atom. The van der Waals surface area contributed by atoms with Crippen LogP contribution >= 0.6 is 27.5 Å². The molecule has 0 amide bonds. The number of nitrogens with zero attached hydrogens (tertiary/aromatic N) is 1. The molecule has 1 aromatic carbocycles. The zero-order valence-corrected chi connectivity index (χ0v) is 11.1. The predicted molar refractivity (Wildman–Crippen MR) is 70.7 cm³/mol. The molecule has 0 spiro atoms. The van der Waals surface area contributed by atoms with Gasteiger partial charge in [-0.05, 0) is 39.7 Å². The number of halogens is 3. The maximum atomic E-state index is 13.5. The second-order valence-corrected chi connectivity index (χ2v) is 4.68. The molecule has 17 heavy (non-hydrogen) atoms. The van der Waals surface area contributed by atoms with Gasteiger partial charge in [-0.2, -0.15) is 0 Å². The van der Waals surface area contributed by atoms with E-state index in [1.54, 1.807) is 30.6 Å². The molecular formula is C12H9BrClFN2. The van der Waals surface area contributed by atoms with E-state index >= 15 is 0 Å². The second-order valence-electron chi connectivity index (χ2n) is 3.42. The van der Waals surface area contributed by atoms with E-state index in [4.69, 9.17) is 11.6 Å². The molecule has 0 saturated carbocycles. The molecule has 5 heteroatoms. The molecule has 2 aromatic rings. The minimum absolute atomic E-state index is 0.301. The molecule has 88 valence electrons. The van der Waals surface area contributed by atoms with Crippen LogP contribution in [0, 0.1) is 5.82 Å². The summed E-state index contributed by atoms with van der Waals surface area (Å²) < 4.78 is 14.2. The van der Waals surface area contributed by atoms with E-state index in [9.17, 15) is 4.39 Å². The van der Waals surface area contributed by atoms with Crippen LogP contribution in [0.3, 0.4) is 0 Å². The molecule has 2 nitrogen and oxygen atoms in total. The third-order valence-electron chi connectivity index (χ3n) is 2.27. The maximum absolute atomic E-state index is 13.5. The van der Waals surface area contributed by atoms with Gasteiger partial charge in [0.1, 0.15) is 5.82 Å². The van der Waals surface area contributed by atoms with E-state index in [-0.39, 0.29) is 5.82 Å². The van der Waals surface area contributed by atoms with Crippen LogP contribution in [-0.4, -0.2) is 4.98 Å². The summed E-state index contributed by atoms with van der Waals surface area (Å²) in [6.45, 7) is 0.445. The zero-order valence-electron chi connectivity index (χ0n) is 8.75. The molecular weight excluding hydrogens is 307 g/mol. The SMILES string of the molecule is Fc1cccc(Br)c1NCc1ccncc1Cl. The van der Waals surface area contributed by atoms with Crippen molar-refractivity contribution in [2.45, 2.75) is 6.54 Å². The Morgan fingerprint density at radius 1 is 1.35 bits per heavy atom. The molecule has 0 aliphatic carbocycles. The van der Waals surface area contributed by atoms with Crippen molar-refractivity contribution in [3.63, 3.8) is 0 Å². The third kappa shape index (κ3) is 2.96. The molecule has 1 heterocycles. The summed E-state index contributed by atoms with van der Waals surface area (Å²) in [6, 6.07) is 6.62. The minimum atomic E-state index is -0.301. The van der Waals surface area contributed by atoms with E-state index in [1.807, 2.05) is 0 Å². The zero-order chi connectivity index (χ0) is 12.3. The van der Waals surface area contributed by atoms with Gasteiger partial charge in [0, 0.05) is 23.4 Å². The summed E-state index contributed by atoms with van der Waals surface area (Å²) >= 11 is 9.25. The first kappa shape index (κ1) is 12.3. The fourth-order valence-corrected chi connectivity index (χ4v) is 2.07. The summed E-state index contributed by atoms with van der Waals surface area (Å²) in [6.07, 6.45) is 3.22. The van der Waals surface area contributed by atoms with Gasteiger partial charge in [0.2, 0.25) is 0 Å². The molecule has 0 saturated heterocycles. The summed E-state index contributed by atoms with van der Waals surface area (Å²) in [5.41, 5.74) is 1.30. The number of aromatic nitrogens is 1. The van der Waals surface area contributed by atoms with Gasteiger partial charge in [0.15, 0.2) is 0 Å². The highest BCUT2D eigenvalue weighted by Crippen LogP contribution is 2.26. The molecule has 1 aromatic heterocycles. The lowest BCUT2D eigenvalue weighted by molar-refractivity contribution is 0.629. The van der Waals surface area contributed by atoms with Gasteiger partial charge in [-0.1, -0.05) is 17.7 Å². The number of rotatable bonds is 3. The molecule has 1 N–H and O–H groups in total. The van der Waals surface area contributed by atoms with Gasteiger partial charge in [-0.25, -0.2) is 4.39 Å². The Morgan fingerprint density at radius 3 is 2.88 bits per heavy atom. The Kier molecular flexibility index (Phi) is 3.97. The molecule has 0 fully saturated rings. The van der Waals surface area contributed by atoms with Crippen molar-refractivity contribution in [3.8, 4) is 0 Å². The van der Waals surface area contributed by atoms with Gasteiger partial charge < -0.3 is 5.32 Å². The van der Waals surface area contributed by atoms with Crippen molar-refractivity contribution < 1.29 is 4.39 Å². The van der Waals surface area contributed by atoms with Crippen molar-refractivity contribution >= 4 is 33.2 Å². The molecule has 0 aliphatic rings. The maximum Gasteiger partial charge on any atom is 0.147 e. The van der Waals surface area contributed by atoms with Crippen LogP contribution in [0.1, 0.15) is 5.56 Å². The Labute approximate surface area is 112 Å². The number of pyridine rings is 1. The molecule has 0 aliphatic heterocycles. The van der Waals surface area contributed by atoms with Crippen LogP contribution in [0.4, 0.5) is 10.1 Å². The van der Waals surface area contributed by atoms with E-state index in [0.717, 1.165) is 5.56 Å². The normalized spacial score (nSPS) is 10.3. The van der Waals surface area contributed by atoms with Crippen LogP contribution < -0.4 is 5.32 Å². The first-order valence-corrected chi connectivity index (χ1v) is 6.12. The first-order valence-electron chi connectivity index (χ1n) is 4.95. The van der Waals surface area contributed by atoms with E-state index in [0.29, 0.717) is 21.7 Å². The molecule has 2 rings (SSSR count). The van der Waals surface area contributed by atoms with Gasteiger partial charge in [0.05, 0.1) is 10.7 Å². The van der Waals surface area contributed by atoms with Crippen LogP contribution in [0.2, 0.25) is 5.02 Å². The molecule has 0 atom stereocenters. The van der Waals surface area contributed by atoms with Crippen molar-refractivity contribution in [2.75, 3.05) is 5.32 Å². The van der Waals surface area contributed by atoms with Gasteiger partial charge in [-0.3, -0.25) is 4.98 Å². The lowest BCUT2D eigenvalue weighted by atomic mass is 10.2. The summed E-state index contributed by atoms with van der Waals surface area (Å²) in [5, 5.41) is 3.57. The lowest BCUT2D eigenvalue weighted by Crippen LogP contribution is -2.02. The Bertz CT molecular complexity index is 513. The minimum Gasteiger partial charge on any atom is -0.378 e. The van der Waals surface area contributed by atoms with Gasteiger partial charge in [0.25, 0.3) is 0 Å². The number of benzene rings is 1. The number of hydrogen-bond acceptors (Lipinski definition) is 2. The van der Waals surface area contributed by atoms with Gasteiger partial charge in [-0.15, -0.1) is 0 Å². The average Bonchev–Trinajstić information content (AvgIpc) is 2.30. The molecule has 0 bridgehead atoms. The number of para-hydroxylation sites is 1. The van der Waals surface area contributed by atoms with E-state index in [2.05, 4.69) is 26.2 Å². The second kappa shape index (κ2) is 5.47. The molecule has 0 radical (unpaired) electrons. The lowest BCUT2D eigenvalue weighted by Gasteiger charge is -2.10. The number of nitrogens with one attached hydrogen (secondary N) is 1. The topological polar surface area (TPSA) is 24.9 Å². The van der Waals surface area contributed by atoms with Crippen LogP contribution in [0.5, 0.6) is 0 Å². The van der Waals surface area contributed by atoms with Crippen LogP contribution in [0.15, 0.2) is 41.1 Å². The average molecular weight is 316 g/mol. The largest absolute Gasteiger partial charge is 0.378 e. The van der Waals surface area contributed by atoms with Crippen molar-refractivity contribution in [1.29, 1.82) is 0 Å². The highest BCUT2D eigenvalue weighted by atomic mass is 79.9. The Balaban J connectivity index is 2.16. The predicted octanol–water partition coefficient (Wildman–Crippen LogP) is 4.25. The fourth-order valence-electron chi connectivity index (χ4n) is 1.40. The number of anilines is 1. The highest BCUT2D eigenvalue weighted by molar-refractivity contribution is 9.10. The first-order chi connectivity index (χ1) is 8.18. The summed E-state index contributed by atoms with van der Waals surface area (Å²) in [5.74, 6) is -0.301. The fraction of sp³-hybridized carbons (Fsp3) is 0.0833. The van der Waals surface area contributed by atoms with E-state index < -0.39 is 0 Å². The summed E-state index contributed by atoms with van der Waals surface area (Å²) in [4.78, 5) is 3.89. The van der Waals surface area contributed by atoms with Gasteiger partial charge >= 0.3 is 0 Å².